The number of thioether (sulfide) groups is 1. The number of para-hydroxylation sites is 3. The van der Waals surface area contributed by atoms with Gasteiger partial charge in [0.1, 0.15) is 0 Å². The van der Waals surface area contributed by atoms with Gasteiger partial charge >= 0.3 is 0 Å². The van der Waals surface area contributed by atoms with E-state index in [9.17, 15) is 9.59 Å². The highest BCUT2D eigenvalue weighted by molar-refractivity contribution is 8.00. The van der Waals surface area contributed by atoms with Gasteiger partial charge < -0.3 is 4.90 Å². The summed E-state index contributed by atoms with van der Waals surface area (Å²) in [6.45, 7) is 4.58. The number of benzene rings is 3. The van der Waals surface area contributed by atoms with Crippen LogP contribution < -0.4 is 10.5 Å². The molecule has 8 heteroatoms. The van der Waals surface area contributed by atoms with Crippen molar-refractivity contribution in [1.82, 2.24) is 19.2 Å². The second kappa shape index (κ2) is 8.95. The molecule has 0 radical (unpaired) electrons. The first-order chi connectivity index (χ1) is 17.5. The molecular formula is C28H25N5O2S. The molecule has 0 spiro atoms. The number of carbonyl (C=O) groups excluding carboxylic acids is 1. The largest absolute Gasteiger partial charge is 0.311 e. The van der Waals surface area contributed by atoms with E-state index < -0.39 is 0 Å². The Kier molecular flexibility index (Phi) is 5.60. The minimum Gasteiger partial charge on any atom is -0.311 e. The summed E-state index contributed by atoms with van der Waals surface area (Å²) in [6.07, 6.45) is 1.93. The average molecular weight is 496 g/mol. The summed E-state index contributed by atoms with van der Waals surface area (Å²) in [6, 6.07) is 23.3. The molecule has 1 amide bonds. The number of carbonyl (C=O) groups is 1. The molecule has 0 N–H and O–H groups in total. The fraction of sp³-hybridized carbons (Fsp3) is 0.214. The Morgan fingerprint density at radius 2 is 1.67 bits per heavy atom. The van der Waals surface area contributed by atoms with Crippen molar-refractivity contribution in [3.63, 3.8) is 0 Å². The van der Waals surface area contributed by atoms with Gasteiger partial charge in [0.2, 0.25) is 11.7 Å². The normalized spacial score (nSPS) is 14.2. The maximum atomic E-state index is 13.6. The molecule has 2 aromatic heterocycles. The van der Waals surface area contributed by atoms with E-state index >= 15 is 0 Å². The molecule has 0 fully saturated rings. The lowest BCUT2D eigenvalue weighted by molar-refractivity contribution is -0.117. The monoisotopic (exact) mass is 495 g/mol. The average Bonchev–Trinajstić information content (AvgIpc) is 3.32. The summed E-state index contributed by atoms with van der Waals surface area (Å²) in [5, 5.41) is 9.66. The quantitative estimate of drug-likeness (QED) is 0.335. The molecule has 0 bridgehead atoms. The van der Waals surface area contributed by atoms with Crippen molar-refractivity contribution in [3.05, 3.63) is 94.3 Å². The second-order valence-corrected chi connectivity index (χ2v) is 10.4. The van der Waals surface area contributed by atoms with Gasteiger partial charge in [-0.1, -0.05) is 60.3 Å². The maximum Gasteiger partial charge on any atom is 0.267 e. The van der Waals surface area contributed by atoms with Crippen LogP contribution in [0.5, 0.6) is 0 Å². The Bertz CT molecular complexity index is 1690. The number of rotatable bonds is 4. The molecule has 1 aliphatic rings. The van der Waals surface area contributed by atoms with Gasteiger partial charge in [0.25, 0.3) is 5.56 Å². The summed E-state index contributed by atoms with van der Waals surface area (Å²) in [4.78, 5) is 29.0. The van der Waals surface area contributed by atoms with E-state index in [4.69, 9.17) is 0 Å². The van der Waals surface area contributed by atoms with Crippen LogP contribution in [0.1, 0.15) is 24.5 Å². The van der Waals surface area contributed by atoms with Gasteiger partial charge in [0, 0.05) is 12.2 Å². The van der Waals surface area contributed by atoms with Crippen molar-refractivity contribution in [2.24, 2.45) is 0 Å². The summed E-state index contributed by atoms with van der Waals surface area (Å²) in [5.74, 6) is 0.471. The highest BCUT2D eigenvalue weighted by Gasteiger charge is 2.28. The van der Waals surface area contributed by atoms with Crippen LogP contribution in [0.25, 0.3) is 22.4 Å². The molecule has 0 saturated heterocycles. The number of fused-ring (bicyclic) bond motifs is 4. The van der Waals surface area contributed by atoms with E-state index in [1.807, 2.05) is 89.9 Å². The SMILES string of the molecule is Cc1ccccc1-n1c(=O)c2ccccc2n2c(SC(C)C(=O)N3CCCc4ccccc43)nnc12. The first-order valence-corrected chi connectivity index (χ1v) is 12.9. The number of aryl methyl sites for hydroxylation is 2. The molecule has 1 unspecified atom stereocenters. The van der Waals surface area contributed by atoms with Crippen molar-refractivity contribution < 1.29 is 4.79 Å². The number of hydrogen-bond donors (Lipinski definition) is 0. The number of hydrogen-bond acceptors (Lipinski definition) is 5. The summed E-state index contributed by atoms with van der Waals surface area (Å²) < 4.78 is 3.50. The Balaban J connectivity index is 1.46. The highest BCUT2D eigenvalue weighted by atomic mass is 32.2. The lowest BCUT2D eigenvalue weighted by atomic mass is 10.0. The molecular weight excluding hydrogens is 470 g/mol. The minimum absolute atomic E-state index is 0.0421. The van der Waals surface area contributed by atoms with Crippen LogP contribution in [0.3, 0.4) is 0 Å². The van der Waals surface area contributed by atoms with Crippen LogP contribution in [0.4, 0.5) is 5.69 Å². The van der Waals surface area contributed by atoms with Crippen molar-refractivity contribution in [2.45, 2.75) is 37.1 Å². The first kappa shape index (κ1) is 22.5. The first-order valence-electron chi connectivity index (χ1n) is 12.1. The fourth-order valence-electron chi connectivity index (χ4n) is 4.98. The van der Waals surface area contributed by atoms with Gasteiger partial charge in [0.15, 0.2) is 5.16 Å². The van der Waals surface area contributed by atoms with E-state index in [-0.39, 0.29) is 16.7 Å². The van der Waals surface area contributed by atoms with Gasteiger partial charge in [-0.15, -0.1) is 10.2 Å². The fourth-order valence-corrected chi connectivity index (χ4v) is 5.89. The van der Waals surface area contributed by atoms with E-state index in [0.29, 0.717) is 22.9 Å². The van der Waals surface area contributed by atoms with Gasteiger partial charge in [-0.05, 0) is 62.1 Å². The molecule has 3 aromatic carbocycles. The molecule has 6 rings (SSSR count). The topological polar surface area (TPSA) is 72.5 Å². The molecule has 1 aliphatic heterocycles. The molecule has 1 atom stereocenters. The molecule has 3 heterocycles. The molecule has 7 nitrogen and oxygen atoms in total. The standard InChI is InChI=1S/C28H25N5O2S/c1-18-10-3-6-14-22(18)32-26(35)21-13-5-8-16-24(21)33-27(32)29-30-28(33)36-19(2)25(34)31-17-9-12-20-11-4-7-15-23(20)31/h3-8,10-11,13-16,19H,9,12,17H2,1-2H3. The van der Waals surface area contributed by atoms with Crippen LogP contribution in [0, 0.1) is 6.92 Å². The van der Waals surface area contributed by atoms with Crippen LogP contribution in [-0.2, 0) is 11.2 Å². The smallest absolute Gasteiger partial charge is 0.267 e. The van der Waals surface area contributed by atoms with E-state index in [0.717, 1.165) is 35.3 Å². The maximum absolute atomic E-state index is 13.6. The van der Waals surface area contributed by atoms with E-state index in [1.54, 1.807) is 4.57 Å². The highest BCUT2D eigenvalue weighted by Crippen LogP contribution is 2.31. The summed E-state index contributed by atoms with van der Waals surface area (Å²) >= 11 is 1.37. The molecule has 0 aliphatic carbocycles. The van der Waals surface area contributed by atoms with E-state index in [1.165, 1.54) is 17.3 Å². The van der Waals surface area contributed by atoms with Crippen LogP contribution in [0.15, 0.2) is 82.7 Å². The zero-order valence-corrected chi connectivity index (χ0v) is 20.9. The lowest BCUT2D eigenvalue weighted by Gasteiger charge is -2.31. The van der Waals surface area contributed by atoms with Crippen LogP contribution >= 0.6 is 11.8 Å². The van der Waals surface area contributed by atoms with Gasteiger partial charge in [-0.3, -0.25) is 14.0 Å². The molecule has 180 valence electrons. The predicted octanol–water partition coefficient (Wildman–Crippen LogP) is 4.80. The number of anilines is 1. The van der Waals surface area contributed by atoms with Crippen molar-refractivity contribution in [3.8, 4) is 5.69 Å². The third-order valence-corrected chi connectivity index (χ3v) is 7.79. The Morgan fingerprint density at radius 1 is 0.944 bits per heavy atom. The predicted molar refractivity (Wildman–Crippen MR) is 143 cm³/mol. The molecule has 5 aromatic rings. The van der Waals surface area contributed by atoms with Crippen LogP contribution in [-0.4, -0.2) is 36.9 Å². The number of aromatic nitrogens is 4. The van der Waals surface area contributed by atoms with Crippen molar-refractivity contribution in [1.29, 1.82) is 0 Å². The van der Waals surface area contributed by atoms with Crippen molar-refractivity contribution in [2.75, 3.05) is 11.4 Å². The van der Waals surface area contributed by atoms with Crippen LogP contribution in [0.2, 0.25) is 0 Å². The Labute approximate surface area is 212 Å². The lowest BCUT2D eigenvalue weighted by Crippen LogP contribution is -2.40. The Hall–Kier alpha value is -3.91. The Morgan fingerprint density at radius 3 is 2.50 bits per heavy atom. The third kappa shape index (κ3) is 3.60. The summed E-state index contributed by atoms with van der Waals surface area (Å²) in [7, 11) is 0. The van der Waals surface area contributed by atoms with Gasteiger partial charge in [-0.2, -0.15) is 0 Å². The minimum atomic E-state index is -0.388. The zero-order valence-electron chi connectivity index (χ0n) is 20.1. The number of amides is 1. The molecule has 36 heavy (non-hydrogen) atoms. The summed E-state index contributed by atoms with van der Waals surface area (Å²) in [5.41, 5.74) is 4.49. The van der Waals surface area contributed by atoms with E-state index in [2.05, 4.69) is 16.3 Å². The second-order valence-electron chi connectivity index (χ2n) is 9.04. The van der Waals surface area contributed by atoms with Gasteiger partial charge in [0.05, 0.1) is 21.8 Å². The molecule has 0 saturated carbocycles. The van der Waals surface area contributed by atoms with Crippen molar-refractivity contribution >= 4 is 40.0 Å². The third-order valence-electron chi connectivity index (χ3n) is 6.76. The zero-order chi connectivity index (χ0) is 24.8. The van der Waals surface area contributed by atoms with Gasteiger partial charge in [-0.25, -0.2) is 4.57 Å². The number of nitrogens with zero attached hydrogens (tertiary/aromatic N) is 5.